The molecule has 0 aliphatic heterocycles. The molecule has 0 heterocycles. The molecule has 0 saturated heterocycles. The number of hydrogen-bond acceptors (Lipinski definition) is 5. The van der Waals surface area contributed by atoms with Crippen molar-refractivity contribution in [2.75, 3.05) is 26.7 Å². The molecule has 0 spiro atoms. The molecule has 0 aromatic rings. The summed E-state index contributed by atoms with van der Waals surface area (Å²) < 4.78 is 0. The van der Waals surface area contributed by atoms with Gasteiger partial charge in [-0.05, 0) is 7.05 Å². The minimum absolute atomic E-state index is 0.132. The van der Waals surface area contributed by atoms with Gasteiger partial charge >= 0.3 is 0 Å². The Morgan fingerprint density at radius 2 is 2.15 bits per heavy atom. The average molecular weight is 191 g/mol. The number of hydrogen-bond donors (Lipinski definition) is 5. The Hall–Kier alpha value is -0.690. The molecule has 0 aromatic heterocycles. The van der Waals surface area contributed by atoms with Gasteiger partial charge in [0.1, 0.15) is 6.04 Å². The molecule has 2 atom stereocenters. The maximum absolute atomic E-state index is 11.0. The number of amides is 1. The number of likely N-dealkylation sites (N-methyl/N-ethyl adjacent to an activating group) is 1. The normalized spacial score (nSPS) is 15.1. The van der Waals surface area contributed by atoms with Crippen LogP contribution in [0.2, 0.25) is 0 Å². The predicted octanol–water partition coefficient (Wildman–Crippen LogP) is -3.00. The number of carbonyl (C=O) groups excluding carboxylic acids is 1. The molecule has 6 nitrogen and oxygen atoms in total. The molecule has 0 aromatic carbocycles. The number of aliphatic hydroxyl groups excluding tert-OH is 2. The van der Waals surface area contributed by atoms with Gasteiger partial charge in [-0.2, -0.15) is 0 Å². The number of nitrogens with two attached hydrogens (primary N) is 1. The number of rotatable bonds is 6. The summed E-state index contributed by atoms with van der Waals surface area (Å²) in [5.74, 6) is -0.461. The Balaban J connectivity index is 3.57. The highest BCUT2D eigenvalue weighted by molar-refractivity contribution is 5.81. The molecule has 0 rings (SSSR count). The Bertz CT molecular complexity index is 154. The highest BCUT2D eigenvalue weighted by atomic mass is 16.3. The maximum atomic E-state index is 11.0. The first-order valence-corrected chi connectivity index (χ1v) is 4.08. The van der Waals surface area contributed by atoms with Crippen LogP contribution in [0.15, 0.2) is 0 Å². The zero-order chi connectivity index (χ0) is 10.3. The highest BCUT2D eigenvalue weighted by Crippen LogP contribution is 1.80. The van der Waals surface area contributed by atoms with Crippen molar-refractivity contribution in [3.63, 3.8) is 0 Å². The molecule has 0 saturated carbocycles. The first-order chi connectivity index (χ1) is 6.11. The van der Waals surface area contributed by atoms with Gasteiger partial charge in [0, 0.05) is 13.1 Å². The molecule has 0 aliphatic carbocycles. The molecule has 1 amide bonds. The first kappa shape index (κ1) is 12.3. The molecule has 0 aliphatic rings. The van der Waals surface area contributed by atoms with Crippen molar-refractivity contribution >= 4 is 5.91 Å². The third-order valence-corrected chi connectivity index (χ3v) is 1.49. The molecule has 0 radical (unpaired) electrons. The van der Waals surface area contributed by atoms with E-state index in [-0.39, 0.29) is 6.54 Å². The zero-order valence-corrected chi connectivity index (χ0v) is 7.66. The third kappa shape index (κ3) is 5.53. The largest absolute Gasteiger partial charge is 0.394 e. The zero-order valence-electron chi connectivity index (χ0n) is 7.66. The predicted molar refractivity (Wildman–Crippen MR) is 48.0 cm³/mol. The van der Waals surface area contributed by atoms with Crippen LogP contribution < -0.4 is 16.4 Å². The van der Waals surface area contributed by atoms with Crippen LogP contribution in [0.1, 0.15) is 0 Å². The topological polar surface area (TPSA) is 108 Å². The number of nitrogens with one attached hydrogen (secondary N) is 2. The second-order valence-electron chi connectivity index (χ2n) is 2.75. The van der Waals surface area contributed by atoms with E-state index in [9.17, 15) is 9.90 Å². The molecule has 1 unspecified atom stereocenters. The van der Waals surface area contributed by atoms with Crippen molar-refractivity contribution in [1.29, 1.82) is 0 Å². The lowest BCUT2D eigenvalue weighted by Gasteiger charge is -2.13. The smallest absolute Gasteiger partial charge is 0.239 e. The molecule has 0 fully saturated rings. The lowest BCUT2D eigenvalue weighted by molar-refractivity contribution is -0.123. The Morgan fingerprint density at radius 3 is 2.62 bits per heavy atom. The Morgan fingerprint density at radius 1 is 1.54 bits per heavy atom. The maximum Gasteiger partial charge on any atom is 0.239 e. The first-order valence-electron chi connectivity index (χ1n) is 4.08. The fourth-order valence-electron chi connectivity index (χ4n) is 0.740. The van der Waals surface area contributed by atoms with Crippen molar-refractivity contribution in [1.82, 2.24) is 10.6 Å². The van der Waals surface area contributed by atoms with Gasteiger partial charge in [0.25, 0.3) is 0 Å². The summed E-state index contributed by atoms with van der Waals surface area (Å²) in [6, 6.07) is -0.915. The van der Waals surface area contributed by atoms with Gasteiger partial charge in [-0.1, -0.05) is 0 Å². The summed E-state index contributed by atoms with van der Waals surface area (Å²) in [6.07, 6.45) is -0.639. The molecule has 6 heteroatoms. The van der Waals surface area contributed by atoms with Crippen molar-refractivity contribution in [3.05, 3.63) is 0 Å². The Labute approximate surface area is 77.1 Å². The molecule has 13 heavy (non-hydrogen) atoms. The second-order valence-corrected chi connectivity index (χ2v) is 2.75. The van der Waals surface area contributed by atoms with Crippen LogP contribution in [-0.4, -0.2) is 55.0 Å². The van der Waals surface area contributed by atoms with Crippen LogP contribution >= 0.6 is 0 Å². The minimum atomic E-state index is -0.915. The average Bonchev–Trinajstić information content (AvgIpc) is 2.13. The summed E-state index contributed by atoms with van der Waals surface area (Å²) in [6.45, 7) is 0.135. The van der Waals surface area contributed by atoms with Crippen molar-refractivity contribution in [2.45, 2.75) is 12.1 Å². The summed E-state index contributed by atoms with van der Waals surface area (Å²) in [5.41, 5.74) is 5.22. The quantitative estimate of drug-likeness (QED) is 0.307. The lowest BCUT2D eigenvalue weighted by Crippen LogP contribution is -2.46. The van der Waals surface area contributed by atoms with Crippen LogP contribution in [0.25, 0.3) is 0 Å². The van der Waals surface area contributed by atoms with Crippen LogP contribution in [0.4, 0.5) is 0 Å². The van der Waals surface area contributed by atoms with E-state index in [0.717, 1.165) is 0 Å². The second kappa shape index (κ2) is 6.79. The van der Waals surface area contributed by atoms with Crippen molar-refractivity contribution in [2.24, 2.45) is 5.73 Å². The Kier molecular flexibility index (Phi) is 6.43. The fraction of sp³-hybridized carbons (Fsp3) is 0.857. The van der Waals surface area contributed by atoms with E-state index in [0.29, 0.717) is 6.54 Å². The summed E-state index contributed by atoms with van der Waals surface area (Å²) >= 11 is 0. The highest BCUT2D eigenvalue weighted by Gasteiger charge is 2.12. The number of aliphatic hydroxyl groups is 2. The summed E-state index contributed by atoms with van der Waals surface area (Å²) in [4.78, 5) is 11.0. The van der Waals surface area contributed by atoms with E-state index in [1.807, 2.05) is 0 Å². The number of carbonyl (C=O) groups is 1. The van der Waals surface area contributed by atoms with Crippen LogP contribution in [0, 0.1) is 0 Å². The van der Waals surface area contributed by atoms with Crippen molar-refractivity contribution in [3.8, 4) is 0 Å². The van der Waals surface area contributed by atoms with E-state index in [2.05, 4.69) is 10.6 Å². The van der Waals surface area contributed by atoms with Gasteiger partial charge in [-0.25, -0.2) is 0 Å². The van der Waals surface area contributed by atoms with Crippen molar-refractivity contribution < 1.29 is 15.0 Å². The molecule has 0 bridgehead atoms. The van der Waals surface area contributed by atoms with E-state index in [1.165, 1.54) is 0 Å². The molecule has 78 valence electrons. The van der Waals surface area contributed by atoms with Gasteiger partial charge < -0.3 is 26.6 Å². The van der Waals surface area contributed by atoms with E-state index < -0.39 is 24.7 Å². The SMILES string of the molecule is CNCC(O)CNC(=O)[C@@H](N)CO. The lowest BCUT2D eigenvalue weighted by atomic mass is 10.3. The van der Waals surface area contributed by atoms with E-state index in [4.69, 9.17) is 10.8 Å². The van der Waals surface area contributed by atoms with Gasteiger partial charge in [0.15, 0.2) is 0 Å². The molecule has 6 N–H and O–H groups in total. The van der Waals surface area contributed by atoms with Gasteiger partial charge in [0.05, 0.1) is 12.7 Å². The van der Waals surface area contributed by atoms with Gasteiger partial charge in [-0.3, -0.25) is 4.79 Å². The monoisotopic (exact) mass is 191 g/mol. The van der Waals surface area contributed by atoms with Crippen LogP contribution in [0.3, 0.4) is 0 Å². The van der Waals surface area contributed by atoms with Crippen LogP contribution in [-0.2, 0) is 4.79 Å². The van der Waals surface area contributed by atoms with Crippen LogP contribution in [0.5, 0.6) is 0 Å². The van der Waals surface area contributed by atoms with E-state index in [1.54, 1.807) is 7.05 Å². The van der Waals surface area contributed by atoms with E-state index >= 15 is 0 Å². The molecular formula is C7H17N3O3. The van der Waals surface area contributed by atoms with Gasteiger partial charge in [-0.15, -0.1) is 0 Å². The third-order valence-electron chi connectivity index (χ3n) is 1.49. The summed E-state index contributed by atoms with van der Waals surface area (Å²) in [7, 11) is 1.70. The minimum Gasteiger partial charge on any atom is -0.394 e. The summed E-state index contributed by atoms with van der Waals surface area (Å²) in [5, 5.41) is 22.8. The fourth-order valence-corrected chi connectivity index (χ4v) is 0.740. The standard InChI is InChI=1S/C7H17N3O3/c1-9-2-5(12)3-10-7(13)6(8)4-11/h5-6,9,11-12H,2-4,8H2,1H3,(H,10,13)/t5?,6-/m0/s1. The van der Waals surface area contributed by atoms with Gasteiger partial charge in [0.2, 0.25) is 5.91 Å². The molecular weight excluding hydrogens is 174 g/mol.